The monoisotopic (exact) mass is 491 g/mol. The van der Waals surface area contributed by atoms with E-state index in [-0.39, 0.29) is 12.5 Å². The van der Waals surface area contributed by atoms with E-state index in [1.54, 1.807) is 19.9 Å². The van der Waals surface area contributed by atoms with Crippen LogP contribution in [0.2, 0.25) is 0 Å². The number of benzene rings is 1. The zero-order valence-corrected chi connectivity index (χ0v) is 20.2. The second-order valence-electron chi connectivity index (χ2n) is 9.52. The highest BCUT2D eigenvalue weighted by atomic mass is 32.2. The summed E-state index contributed by atoms with van der Waals surface area (Å²) >= 11 is 1.62. The van der Waals surface area contributed by atoms with Gasteiger partial charge in [0, 0.05) is 51.0 Å². The molecule has 11 heteroatoms. The van der Waals surface area contributed by atoms with Gasteiger partial charge in [0.2, 0.25) is 5.91 Å². The number of hydrogen-bond acceptors (Lipinski definition) is 7. The van der Waals surface area contributed by atoms with Gasteiger partial charge in [-0.1, -0.05) is 0 Å². The molecule has 3 aliphatic heterocycles. The van der Waals surface area contributed by atoms with Crippen molar-refractivity contribution in [2.75, 3.05) is 57.3 Å². The molecule has 4 heterocycles. The third-order valence-electron chi connectivity index (χ3n) is 7.47. The molecular weight excluding hydrogens is 462 g/mol. The average molecular weight is 492 g/mol. The largest absolute Gasteiger partial charge is 0.369 e. The number of amides is 1. The third kappa shape index (κ3) is 4.03. The number of rotatable bonds is 4. The molecule has 0 N–H and O–H groups in total. The van der Waals surface area contributed by atoms with Crippen molar-refractivity contribution in [2.45, 2.75) is 37.3 Å². The summed E-state index contributed by atoms with van der Waals surface area (Å²) in [5.74, 6) is 0.0741. The van der Waals surface area contributed by atoms with E-state index in [0.717, 1.165) is 28.7 Å². The number of piperazine rings is 1. The first kappa shape index (κ1) is 21.7. The summed E-state index contributed by atoms with van der Waals surface area (Å²) in [4.78, 5) is 20.8. The lowest BCUT2D eigenvalue weighted by Crippen LogP contribution is -2.61. The number of carbonyl (C=O) groups is 1. The van der Waals surface area contributed by atoms with Gasteiger partial charge in [-0.15, -0.1) is 11.3 Å². The fourth-order valence-corrected chi connectivity index (χ4v) is 7.53. The molecule has 0 radical (unpaired) electrons. The molecule has 1 aromatic carbocycles. The molecule has 0 unspecified atom stereocenters. The van der Waals surface area contributed by atoms with E-state index >= 15 is 0 Å². The molecule has 9 nitrogen and oxygen atoms in total. The minimum absolute atomic E-state index is 0.0741. The molecule has 178 valence electrons. The van der Waals surface area contributed by atoms with Crippen LogP contribution in [-0.2, 0) is 19.7 Å². The highest BCUT2D eigenvalue weighted by Crippen LogP contribution is 2.37. The smallest absolute Gasteiger partial charge is 0.282 e. The fourth-order valence-electron chi connectivity index (χ4n) is 5.27. The Hall–Kier alpha value is -1.79. The summed E-state index contributed by atoms with van der Waals surface area (Å²) in [6, 6.07) is 6.63. The van der Waals surface area contributed by atoms with Crippen LogP contribution in [0, 0.1) is 0 Å². The maximum Gasteiger partial charge on any atom is 0.282 e. The first-order valence-electron chi connectivity index (χ1n) is 11.7. The zero-order valence-electron chi connectivity index (χ0n) is 18.6. The maximum atomic E-state index is 13.3. The minimum atomic E-state index is -3.51. The first-order valence-corrected chi connectivity index (χ1v) is 14.0. The quantitative estimate of drug-likeness (QED) is 0.645. The summed E-state index contributed by atoms with van der Waals surface area (Å²) in [6.45, 7) is 3.87. The summed E-state index contributed by atoms with van der Waals surface area (Å²) in [5, 5.41) is 0. The van der Waals surface area contributed by atoms with Crippen molar-refractivity contribution in [3.8, 4) is 0 Å². The maximum absolute atomic E-state index is 13.3. The molecule has 3 saturated heterocycles. The lowest BCUT2D eigenvalue weighted by Gasteiger charge is -2.47. The van der Waals surface area contributed by atoms with Gasteiger partial charge < -0.3 is 14.5 Å². The van der Waals surface area contributed by atoms with E-state index in [9.17, 15) is 13.2 Å². The van der Waals surface area contributed by atoms with Crippen LogP contribution in [0.4, 0.5) is 5.69 Å². The predicted octanol–water partition coefficient (Wildman–Crippen LogP) is 1.52. The Balaban J connectivity index is 1.07. The van der Waals surface area contributed by atoms with Crippen LogP contribution in [0.15, 0.2) is 23.7 Å². The number of aromatic nitrogens is 1. The molecule has 0 bridgehead atoms. The second kappa shape index (κ2) is 8.16. The van der Waals surface area contributed by atoms with Crippen LogP contribution in [0.1, 0.15) is 25.7 Å². The first-order chi connectivity index (χ1) is 15.9. The Bertz CT molecular complexity index is 1150. The Morgan fingerprint density at radius 1 is 1.03 bits per heavy atom. The Morgan fingerprint density at radius 3 is 2.48 bits per heavy atom. The van der Waals surface area contributed by atoms with Gasteiger partial charge in [-0.05, 0) is 43.9 Å². The number of fused-ring (bicyclic) bond motifs is 1. The second-order valence-corrected chi connectivity index (χ2v) is 12.3. The van der Waals surface area contributed by atoms with Crippen molar-refractivity contribution in [3.63, 3.8) is 0 Å². The molecule has 1 aliphatic carbocycles. The number of piperidine rings is 1. The van der Waals surface area contributed by atoms with E-state index in [1.807, 2.05) is 10.4 Å². The van der Waals surface area contributed by atoms with Crippen LogP contribution < -0.4 is 4.90 Å². The van der Waals surface area contributed by atoms with Gasteiger partial charge in [-0.3, -0.25) is 4.79 Å². The molecule has 4 fully saturated rings. The molecule has 33 heavy (non-hydrogen) atoms. The summed E-state index contributed by atoms with van der Waals surface area (Å²) in [5.41, 5.74) is 3.54. The van der Waals surface area contributed by atoms with E-state index < -0.39 is 15.8 Å². The molecular formula is C22H29N5O4S2. The highest BCUT2D eigenvalue weighted by molar-refractivity contribution is 7.86. The number of thiazole rings is 1. The van der Waals surface area contributed by atoms with Crippen molar-refractivity contribution in [1.29, 1.82) is 0 Å². The Labute approximate surface area is 198 Å². The summed E-state index contributed by atoms with van der Waals surface area (Å²) < 4.78 is 37.1. The molecule has 0 atom stereocenters. The SMILES string of the molecule is O=C1COC2(CCN(S(=O)(=O)N3CCN(c4ccc5scnc5c4)CC3)CC2)CN1C1CC1. The van der Waals surface area contributed by atoms with Gasteiger partial charge in [-0.2, -0.15) is 17.0 Å². The van der Waals surface area contributed by atoms with Crippen LogP contribution >= 0.6 is 11.3 Å². The highest BCUT2D eigenvalue weighted by Gasteiger charge is 2.48. The van der Waals surface area contributed by atoms with Crippen molar-refractivity contribution in [2.24, 2.45) is 0 Å². The van der Waals surface area contributed by atoms with Crippen molar-refractivity contribution in [1.82, 2.24) is 18.5 Å². The summed E-state index contributed by atoms with van der Waals surface area (Å²) in [6.07, 6.45) is 3.42. The van der Waals surface area contributed by atoms with E-state index in [4.69, 9.17) is 4.74 Å². The standard InChI is InChI=1S/C22H29N5O4S2/c28-21-14-31-22(15-27(21)17-1-2-17)5-7-25(8-6-22)33(29,30)26-11-9-24(10-12-26)18-3-4-20-19(13-18)23-16-32-20/h3-4,13,16-17H,1-2,5-12,14-15H2. The van der Waals surface area contributed by atoms with Crippen LogP contribution in [0.3, 0.4) is 0 Å². The van der Waals surface area contributed by atoms with Gasteiger partial charge >= 0.3 is 0 Å². The molecule has 4 aliphatic rings. The number of carbonyl (C=O) groups excluding carboxylic acids is 1. The molecule has 6 rings (SSSR count). The number of hydrogen-bond donors (Lipinski definition) is 0. The number of morpholine rings is 1. The molecule has 1 amide bonds. The number of ether oxygens (including phenoxy) is 1. The van der Waals surface area contributed by atoms with Crippen LogP contribution in [0.5, 0.6) is 0 Å². The number of nitrogens with zero attached hydrogens (tertiary/aromatic N) is 5. The Kier molecular flexibility index (Phi) is 5.37. The average Bonchev–Trinajstić information content (AvgIpc) is 3.57. The zero-order chi connectivity index (χ0) is 22.6. The lowest BCUT2D eigenvalue weighted by atomic mass is 9.90. The predicted molar refractivity (Wildman–Crippen MR) is 127 cm³/mol. The normalized spacial score (nSPS) is 25.3. The molecule has 1 spiro atoms. The van der Waals surface area contributed by atoms with Gasteiger partial charge in [0.1, 0.15) is 6.61 Å². The van der Waals surface area contributed by atoms with Gasteiger partial charge in [0.05, 0.1) is 27.9 Å². The molecule has 2 aromatic rings. The molecule has 1 saturated carbocycles. The van der Waals surface area contributed by atoms with Crippen LogP contribution in [-0.4, -0.2) is 96.9 Å². The number of anilines is 1. The Morgan fingerprint density at radius 2 is 1.76 bits per heavy atom. The van der Waals surface area contributed by atoms with Crippen molar-refractivity contribution in [3.05, 3.63) is 23.7 Å². The van der Waals surface area contributed by atoms with Gasteiger partial charge in [0.15, 0.2) is 0 Å². The van der Waals surface area contributed by atoms with E-state index in [2.05, 4.69) is 28.1 Å². The van der Waals surface area contributed by atoms with Crippen LogP contribution in [0.25, 0.3) is 10.2 Å². The summed E-state index contributed by atoms with van der Waals surface area (Å²) in [7, 11) is -3.51. The fraction of sp³-hybridized carbons (Fsp3) is 0.636. The van der Waals surface area contributed by atoms with Gasteiger partial charge in [0.25, 0.3) is 10.2 Å². The third-order valence-corrected chi connectivity index (χ3v) is 10.3. The van der Waals surface area contributed by atoms with E-state index in [0.29, 0.717) is 64.7 Å². The molecule has 1 aromatic heterocycles. The van der Waals surface area contributed by atoms with Crippen molar-refractivity contribution >= 4 is 43.4 Å². The minimum Gasteiger partial charge on any atom is -0.369 e. The van der Waals surface area contributed by atoms with Crippen molar-refractivity contribution < 1.29 is 17.9 Å². The topological polar surface area (TPSA) is 86.3 Å². The lowest BCUT2D eigenvalue weighted by molar-refractivity contribution is -0.170. The van der Waals surface area contributed by atoms with Gasteiger partial charge in [-0.25, -0.2) is 4.98 Å². The van der Waals surface area contributed by atoms with E-state index in [1.165, 1.54) is 0 Å².